The highest BCUT2D eigenvalue weighted by atomic mass is 32.2. The van der Waals surface area contributed by atoms with Crippen molar-refractivity contribution in [2.45, 2.75) is 37.6 Å². The Kier molecular flexibility index (Phi) is 5.56. The fourth-order valence-electron chi connectivity index (χ4n) is 4.52. The molecule has 3 aromatic rings. The fraction of sp³-hybridized carbons (Fsp3) is 0.391. The first-order chi connectivity index (χ1) is 15.4. The fourth-order valence-corrected chi connectivity index (χ4v) is 5.96. The molecule has 0 aliphatic carbocycles. The maximum Gasteiger partial charge on any atom is 0.296 e. The maximum atomic E-state index is 13.7. The Morgan fingerprint density at radius 3 is 2.62 bits per heavy atom. The molecule has 0 bridgehead atoms. The summed E-state index contributed by atoms with van der Waals surface area (Å²) < 4.78 is 31.0. The van der Waals surface area contributed by atoms with Gasteiger partial charge in [0, 0.05) is 31.2 Å². The normalized spacial score (nSPS) is 18.8. The first-order valence-electron chi connectivity index (χ1n) is 10.8. The van der Waals surface area contributed by atoms with Gasteiger partial charge in [-0.05, 0) is 48.4 Å². The van der Waals surface area contributed by atoms with Crippen molar-refractivity contribution in [1.29, 1.82) is 0 Å². The molecule has 2 aromatic heterocycles. The molecule has 168 valence electrons. The highest BCUT2D eigenvalue weighted by Gasteiger charge is 2.31. The minimum Gasteiger partial charge on any atom is -0.340 e. The zero-order valence-corrected chi connectivity index (χ0v) is 18.6. The summed E-state index contributed by atoms with van der Waals surface area (Å²) in [5.74, 6) is -0.216. The largest absolute Gasteiger partial charge is 0.340 e. The third-order valence-electron chi connectivity index (χ3n) is 6.43. The summed E-state index contributed by atoms with van der Waals surface area (Å²) in [4.78, 5) is 17.5. The second kappa shape index (κ2) is 8.38. The average Bonchev–Trinajstić information content (AvgIpc) is 3.16. The monoisotopic (exact) mass is 456 g/mol. The molecule has 9 heteroatoms. The van der Waals surface area contributed by atoms with Crippen molar-refractivity contribution in [3.8, 4) is 0 Å². The van der Waals surface area contributed by atoms with Crippen LogP contribution >= 0.6 is 0 Å². The van der Waals surface area contributed by atoms with Crippen molar-refractivity contribution in [2.24, 2.45) is 5.92 Å². The second-order valence-electron chi connectivity index (χ2n) is 8.63. The van der Waals surface area contributed by atoms with Gasteiger partial charge >= 0.3 is 0 Å². The third-order valence-corrected chi connectivity index (χ3v) is 7.95. The Morgan fingerprint density at radius 2 is 1.91 bits per heavy atom. The van der Waals surface area contributed by atoms with E-state index in [9.17, 15) is 18.6 Å². The summed E-state index contributed by atoms with van der Waals surface area (Å²) in [6.45, 7) is 4.36. The van der Waals surface area contributed by atoms with Crippen LogP contribution in [-0.4, -0.2) is 53.9 Å². The predicted octanol–water partition coefficient (Wildman–Crippen LogP) is 3.37. The van der Waals surface area contributed by atoms with Crippen LogP contribution in [0.2, 0.25) is 0 Å². The van der Waals surface area contributed by atoms with Gasteiger partial charge in [-0.15, -0.1) is 0 Å². The molecule has 0 radical (unpaired) electrons. The number of carbonyl (C=O) groups excluding carboxylic acids is 1. The van der Waals surface area contributed by atoms with Gasteiger partial charge in [0.1, 0.15) is 22.5 Å². The molecule has 1 saturated heterocycles. The van der Waals surface area contributed by atoms with E-state index < -0.39 is 16.9 Å². The molecule has 1 fully saturated rings. The van der Waals surface area contributed by atoms with Crippen LogP contribution < -0.4 is 0 Å². The number of carbonyl (C=O) groups is 1. The van der Waals surface area contributed by atoms with Gasteiger partial charge in [-0.25, -0.2) is 23.0 Å². The first-order valence-corrected chi connectivity index (χ1v) is 12.0. The first kappa shape index (κ1) is 21.2. The topological polar surface area (TPSA) is 78.7 Å². The molecule has 1 N–H and O–H groups in total. The SMILES string of the molecule is CC1CCN(S(=O)c2cn(Cc3ccc(F)cc3)c3cnc4c(c23)CCN(O)C4=O)CC1. The Hall–Kier alpha value is -2.62. The lowest BCUT2D eigenvalue weighted by Gasteiger charge is -2.29. The molecule has 0 saturated carbocycles. The molecule has 1 unspecified atom stereocenters. The quantitative estimate of drug-likeness (QED) is 0.611. The molecule has 1 atom stereocenters. The van der Waals surface area contributed by atoms with Crippen LogP contribution in [0.3, 0.4) is 0 Å². The molecule has 32 heavy (non-hydrogen) atoms. The predicted molar refractivity (Wildman–Crippen MR) is 118 cm³/mol. The van der Waals surface area contributed by atoms with Crippen LogP contribution in [0.5, 0.6) is 0 Å². The number of aromatic nitrogens is 2. The van der Waals surface area contributed by atoms with Crippen LogP contribution in [0.4, 0.5) is 4.39 Å². The highest BCUT2D eigenvalue weighted by Crippen LogP contribution is 2.34. The number of hydrogen-bond acceptors (Lipinski definition) is 4. The number of piperidine rings is 1. The number of rotatable bonds is 4. The van der Waals surface area contributed by atoms with Gasteiger partial charge in [-0.2, -0.15) is 0 Å². The zero-order chi connectivity index (χ0) is 22.4. The van der Waals surface area contributed by atoms with Crippen LogP contribution in [0, 0.1) is 11.7 Å². The number of amides is 1. The second-order valence-corrected chi connectivity index (χ2v) is 10.1. The number of hydrogen-bond donors (Lipinski definition) is 1. The maximum absolute atomic E-state index is 13.7. The molecule has 5 rings (SSSR count). The van der Waals surface area contributed by atoms with E-state index in [1.807, 2.05) is 15.1 Å². The minimum absolute atomic E-state index is 0.170. The number of nitrogens with zero attached hydrogens (tertiary/aromatic N) is 4. The highest BCUT2D eigenvalue weighted by molar-refractivity contribution is 7.83. The Morgan fingerprint density at radius 1 is 1.19 bits per heavy atom. The summed E-state index contributed by atoms with van der Waals surface area (Å²) in [5, 5.41) is 11.3. The Labute approximate surface area is 188 Å². The lowest BCUT2D eigenvalue weighted by Crippen LogP contribution is -2.36. The van der Waals surface area contributed by atoms with E-state index in [0.29, 0.717) is 28.8 Å². The zero-order valence-electron chi connectivity index (χ0n) is 17.8. The number of pyridine rings is 1. The van der Waals surface area contributed by atoms with Crippen LogP contribution in [0.15, 0.2) is 41.6 Å². The molecule has 4 heterocycles. The van der Waals surface area contributed by atoms with E-state index in [1.165, 1.54) is 12.1 Å². The smallest absolute Gasteiger partial charge is 0.296 e. The number of fused-ring (bicyclic) bond motifs is 3. The summed E-state index contributed by atoms with van der Waals surface area (Å²) in [6, 6.07) is 6.29. The average molecular weight is 457 g/mol. The van der Waals surface area contributed by atoms with Gasteiger partial charge in [0.2, 0.25) is 0 Å². The summed E-state index contributed by atoms with van der Waals surface area (Å²) >= 11 is 0. The van der Waals surface area contributed by atoms with Crippen LogP contribution in [0.1, 0.15) is 41.4 Å². The van der Waals surface area contributed by atoms with Gasteiger partial charge in [0.15, 0.2) is 0 Å². The Balaban J connectivity index is 1.63. The van der Waals surface area contributed by atoms with Gasteiger partial charge < -0.3 is 4.57 Å². The molecule has 2 aliphatic rings. The van der Waals surface area contributed by atoms with E-state index in [-0.39, 0.29) is 18.1 Å². The summed E-state index contributed by atoms with van der Waals surface area (Å²) in [6.07, 6.45) is 5.91. The minimum atomic E-state index is -1.38. The lowest BCUT2D eigenvalue weighted by atomic mass is 10.0. The van der Waals surface area contributed by atoms with E-state index in [1.54, 1.807) is 18.3 Å². The molecular formula is C23H25FN4O3S. The molecule has 0 spiro atoms. The van der Waals surface area contributed by atoms with Gasteiger partial charge in [-0.1, -0.05) is 19.1 Å². The van der Waals surface area contributed by atoms with E-state index in [4.69, 9.17) is 0 Å². The molecular weight excluding hydrogens is 431 g/mol. The van der Waals surface area contributed by atoms with E-state index in [2.05, 4.69) is 11.9 Å². The van der Waals surface area contributed by atoms with Gasteiger partial charge in [-0.3, -0.25) is 10.0 Å². The standard InChI is InChI=1S/C23H25FN4O3S/c1-15-6-9-27(10-7-15)32(31)20-14-26(13-16-2-4-17(24)5-3-16)19-12-25-22-18(21(19)20)8-11-28(30)23(22)29/h2-5,12,14-15,30H,6-11,13H2,1H3. The van der Waals surface area contributed by atoms with E-state index >= 15 is 0 Å². The number of hydroxylamine groups is 2. The van der Waals surface area contributed by atoms with Crippen molar-refractivity contribution in [3.05, 3.63) is 59.3 Å². The van der Waals surface area contributed by atoms with Crippen LogP contribution in [-0.2, 0) is 24.0 Å². The van der Waals surface area contributed by atoms with Crippen molar-refractivity contribution in [2.75, 3.05) is 19.6 Å². The van der Waals surface area contributed by atoms with E-state index in [0.717, 1.165) is 48.0 Å². The molecule has 2 aliphatic heterocycles. The number of halogens is 1. The summed E-state index contributed by atoms with van der Waals surface area (Å²) in [7, 11) is -1.38. The molecule has 7 nitrogen and oxygen atoms in total. The van der Waals surface area contributed by atoms with Crippen molar-refractivity contribution < 1.29 is 18.6 Å². The number of benzene rings is 1. The third kappa shape index (κ3) is 3.74. The lowest BCUT2D eigenvalue weighted by molar-refractivity contribution is -0.0606. The van der Waals surface area contributed by atoms with Crippen molar-refractivity contribution in [3.63, 3.8) is 0 Å². The van der Waals surface area contributed by atoms with Crippen molar-refractivity contribution in [1.82, 2.24) is 18.9 Å². The molecule has 1 aromatic carbocycles. The van der Waals surface area contributed by atoms with Gasteiger partial charge in [0.25, 0.3) is 5.91 Å². The molecule has 1 amide bonds. The van der Waals surface area contributed by atoms with Crippen LogP contribution in [0.25, 0.3) is 10.9 Å². The summed E-state index contributed by atoms with van der Waals surface area (Å²) in [5.41, 5.74) is 2.62. The van der Waals surface area contributed by atoms with Crippen molar-refractivity contribution >= 4 is 27.8 Å². The van der Waals surface area contributed by atoms with Gasteiger partial charge in [0.05, 0.1) is 23.2 Å². The Bertz CT molecular complexity index is 1200.